The monoisotopic (exact) mass is 380 g/mol. The number of hydrogen-bond acceptors (Lipinski definition) is 0. The Balaban J connectivity index is 2.46. The lowest BCUT2D eigenvalue weighted by Gasteiger charge is -2.10. The Morgan fingerprint density at radius 1 is 0.821 bits per heavy atom. The number of unbranched alkanes of at least 4 members (excludes halogenated alkanes) is 4. The predicted molar refractivity (Wildman–Crippen MR) is 109 cm³/mol. The molecule has 144 valence electrons. The molecule has 0 aromatic heterocycles. The molecule has 0 amide bonds. The average Bonchev–Trinajstić information content (AvgIpc) is 2.70. The highest BCUT2D eigenvalue weighted by Gasteiger charge is 2.35. The standard InChI is InChI=1S/C25H23F3/c1-2-3-4-5-6-13-18-24(25(26,27)28)23(22-16-11-8-12-17-22)20-19-21-14-9-7-10-15-21/h7-12,14-17H,2-6H2,1H3/b24-23+. The van der Waals surface area contributed by atoms with Gasteiger partial charge in [-0.2, -0.15) is 13.2 Å². The van der Waals surface area contributed by atoms with Crippen molar-refractivity contribution in [2.75, 3.05) is 0 Å². The van der Waals surface area contributed by atoms with E-state index in [0.717, 1.165) is 25.7 Å². The van der Waals surface area contributed by atoms with Crippen LogP contribution in [0.15, 0.2) is 66.2 Å². The van der Waals surface area contributed by atoms with Crippen LogP contribution in [-0.2, 0) is 0 Å². The molecule has 0 bridgehead atoms. The molecule has 0 heterocycles. The fourth-order valence-corrected chi connectivity index (χ4v) is 2.61. The van der Waals surface area contributed by atoms with Crippen LogP contribution in [0.5, 0.6) is 0 Å². The Morgan fingerprint density at radius 3 is 2.07 bits per heavy atom. The SMILES string of the molecule is CCCCCCC#C/C(=C(/C#Cc1ccccc1)c1ccccc1)C(F)(F)F. The van der Waals surface area contributed by atoms with E-state index in [-0.39, 0.29) is 5.57 Å². The van der Waals surface area contributed by atoms with Crippen molar-refractivity contribution in [2.24, 2.45) is 0 Å². The minimum absolute atomic E-state index is 0.0852. The summed E-state index contributed by atoms with van der Waals surface area (Å²) in [6, 6.07) is 17.4. The molecular weight excluding hydrogens is 357 g/mol. The summed E-state index contributed by atoms with van der Waals surface area (Å²) in [6.07, 6.45) is -0.172. The lowest BCUT2D eigenvalue weighted by Crippen LogP contribution is -2.12. The van der Waals surface area contributed by atoms with Crippen LogP contribution in [0.4, 0.5) is 13.2 Å². The molecule has 0 saturated carbocycles. The third kappa shape index (κ3) is 7.01. The maximum Gasteiger partial charge on any atom is 0.425 e. The fraction of sp³-hybridized carbons (Fsp3) is 0.280. The topological polar surface area (TPSA) is 0 Å². The van der Waals surface area contributed by atoms with E-state index < -0.39 is 11.7 Å². The molecule has 0 N–H and O–H groups in total. The molecule has 0 aliphatic carbocycles. The first-order valence-electron chi connectivity index (χ1n) is 9.45. The number of alkyl halides is 3. The minimum Gasteiger partial charge on any atom is -0.165 e. The molecule has 2 rings (SSSR count). The molecule has 0 aliphatic heterocycles. The summed E-state index contributed by atoms with van der Waals surface area (Å²) < 4.78 is 41.4. The second-order valence-corrected chi connectivity index (χ2v) is 6.34. The number of halogens is 3. The molecule has 2 aromatic carbocycles. The van der Waals surface area contributed by atoms with Gasteiger partial charge in [-0.15, -0.1) is 0 Å². The third-order valence-corrected chi connectivity index (χ3v) is 4.07. The summed E-state index contributed by atoms with van der Waals surface area (Å²) in [7, 11) is 0. The highest BCUT2D eigenvalue weighted by atomic mass is 19.4. The molecule has 0 saturated heterocycles. The lowest BCUT2D eigenvalue weighted by atomic mass is 9.99. The largest absolute Gasteiger partial charge is 0.425 e. The molecule has 0 spiro atoms. The van der Waals surface area contributed by atoms with Crippen LogP contribution in [0.3, 0.4) is 0 Å². The van der Waals surface area contributed by atoms with Crippen molar-refractivity contribution in [1.82, 2.24) is 0 Å². The van der Waals surface area contributed by atoms with Gasteiger partial charge in [0.15, 0.2) is 0 Å². The summed E-state index contributed by atoms with van der Waals surface area (Å²) in [5.41, 5.74) is 0.110. The van der Waals surface area contributed by atoms with Gasteiger partial charge >= 0.3 is 6.18 Å². The van der Waals surface area contributed by atoms with Gasteiger partial charge < -0.3 is 0 Å². The molecular formula is C25H23F3. The van der Waals surface area contributed by atoms with Gasteiger partial charge in [-0.05, 0) is 24.1 Å². The van der Waals surface area contributed by atoms with E-state index in [4.69, 9.17) is 0 Å². The van der Waals surface area contributed by atoms with Crippen molar-refractivity contribution in [2.45, 2.75) is 45.2 Å². The van der Waals surface area contributed by atoms with Crippen molar-refractivity contribution < 1.29 is 13.2 Å². The quantitative estimate of drug-likeness (QED) is 0.386. The van der Waals surface area contributed by atoms with Crippen molar-refractivity contribution >= 4 is 5.57 Å². The van der Waals surface area contributed by atoms with E-state index in [1.165, 1.54) is 0 Å². The van der Waals surface area contributed by atoms with Crippen LogP contribution in [-0.4, -0.2) is 6.18 Å². The first-order valence-corrected chi connectivity index (χ1v) is 9.45. The Labute approximate surface area is 165 Å². The van der Waals surface area contributed by atoms with Gasteiger partial charge in [-0.1, -0.05) is 98.4 Å². The molecule has 0 aliphatic rings. The zero-order valence-electron chi connectivity index (χ0n) is 15.9. The van der Waals surface area contributed by atoms with Gasteiger partial charge in [0.25, 0.3) is 0 Å². The van der Waals surface area contributed by atoms with Gasteiger partial charge in [0.05, 0.1) is 5.57 Å². The van der Waals surface area contributed by atoms with Crippen LogP contribution in [0.2, 0.25) is 0 Å². The van der Waals surface area contributed by atoms with Gasteiger partial charge in [-0.3, -0.25) is 0 Å². The second-order valence-electron chi connectivity index (χ2n) is 6.34. The van der Waals surface area contributed by atoms with E-state index in [2.05, 4.69) is 30.6 Å². The normalized spacial score (nSPS) is 11.6. The molecule has 2 aromatic rings. The number of benzene rings is 2. The summed E-state index contributed by atoms with van der Waals surface area (Å²) in [5, 5.41) is 0. The van der Waals surface area contributed by atoms with Crippen molar-refractivity contribution in [3.8, 4) is 23.7 Å². The molecule has 0 unspecified atom stereocenters. The summed E-state index contributed by atoms with van der Waals surface area (Å²) in [6.45, 7) is 2.09. The summed E-state index contributed by atoms with van der Waals surface area (Å²) in [5.74, 6) is 10.6. The Morgan fingerprint density at radius 2 is 1.46 bits per heavy atom. The zero-order valence-corrected chi connectivity index (χ0v) is 15.9. The van der Waals surface area contributed by atoms with Crippen LogP contribution in [0.25, 0.3) is 5.57 Å². The van der Waals surface area contributed by atoms with Gasteiger partial charge in [0.1, 0.15) is 5.57 Å². The van der Waals surface area contributed by atoms with Crippen LogP contribution in [0.1, 0.15) is 50.2 Å². The molecule has 0 nitrogen and oxygen atoms in total. The first-order chi connectivity index (χ1) is 13.5. The Hall–Kier alpha value is -2.91. The van der Waals surface area contributed by atoms with Crippen LogP contribution >= 0.6 is 0 Å². The average molecular weight is 380 g/mol. The van der Waals surface area contributed by atoms with Crippen molar-refractivity contribution in [3.63, 3.8) is 0 Å². The lowest BCUT2D eigenvalue weighted by molar-refractivity contribution is -0.0865. The minimum atomic E-state index is -4.56. The molecule has 0 atom stereocenters. The summed E-state index contributed by atoms with van der Waals surface area (Å²) >= 11 is 0. The maximum absolute atomic E-state index is 13.8. The Kier molecular flexibility index (Phi) is 8.44. The smallest absolute Gasteiger partial charge is 0.165 e. The summed E-state index contributed by atoms with van der Waals surface area (Å²) in [4.78, 5) is 0. The van der Waals surface area contributed by atoms with Crippen LogP contribution < -0.4 is 0 Å². The molecule has 0 fully saturated rings. The molecule has 28 heavy (non-hydrogen) atoms. The van der Waals surface area contributed by atoms with E-state index >= 15 is 0 Å². The molecule has 3 heteroatoms. The van der Waals surface area contributed by atoms with Gasteiger partial charge in [-0.25, -0.2) is 0 Å². The number of allylic oxidation sites excluding steroid dienone is 2. The van der Waals surface area contributed by atoms with Gasteiger partial charge in [0, 0.05) is 12.0 Å². The van der Waals surface area contributed by atoms with Gasteiger partial charge in [0.2, 0.25) is 0 Å². The van der Waals surface area contributed by atoms with E-state index in [9.17, 15) is 13.2 Å². The number of hydrogen-bond donors (Lipinski definition) is 0. The first kappa shape index (κ1) is 21.4. The predicted octanol–water partition coefficient (Wildman–Crippen LogP) is 7.03. The highest BCUT2D eigenvalue weighted by Crippen LogP contribution is 2.32. The third-order valence-electron chi connectivity index (χ3n) is 4.07. The second kappa shape index (κ2) is 11.1. The van der Waals surface area contributed by atoms with Crippen LogP contribution in [0, 0.1) is 23.7 Å². The Bertz CT molecular complexity index is 883. The van der Waals surface area contributed by atoms with Crippen molar-refractivity contribution in [1.29, 1.82) is 0 Å². The molecule has 0 radical (unpaired) electrons. The van der Waals surface area contributed by atoms with E-state index in [1.54, 1.807) is 54.6 Å². The fourth-order valence-electron chi connectivity index (χ4n) is 2.61. The maximum atomic E-state index is 13.8. The number of rotatable bonds is 5. The zero-order chi connectivity index (χ0) is 20.2. The highest BCUT2D eigenvalue weighted by molar-refractivity contribution is 5.85. The van der Waals surface area contributed by atoms with Crippen molar-refractivity contribution in [3.05, 3.63) is 77.4 Å². The van der Waals surface area contributed by atoms with E-state index in [1.807, 2.05) is 6.07 Å². The van der Waals surface area contributed by atoms with E-state index in [0.29, 0.717) is 17.5 Å².